The molecule has 3 aromatic rings. The number of thiophene rings is 1. The Morgan fingerprint density at radius 3 is 2.74 bits per heavy atom. The summed E-state index contributed by atoms with van der Waals surface area (Å²) in [6.07, 6.45) is 7.62. The van der Waals surface area contributed by atoms with E-state index in [-0.39, 0.29) is 0 Å². The van der Waals surface area contributed by atoms with Crippen molar-refractivity contribution in [2.24, 2.45) is 0 Å². The molecule has 0 radical (unpaired) electrons. The SMILES string of the molecule is COc1ccc(CC2CCCc3c2sc2nc(CN4CCN(S(C)(=O)=O)CC4)ncc32)cc1Cl. The van der Waals surface area contributed by atoms with Crippen LogP contribution < -0.4 is 4.74 Å². The molecule has 0 saturated carbocycles. The number of benzene rings is 1. The van der Waals surface area contributed by atoms with Crippen molar-refractivity contribution in [1.82, 2.24) is 19.2 Å². The van der Waals surface area contributed by atoms with Crippen LogP contribution in [0, 0.1) is 0 Å². The van der Waals surface area contributed by atoms with Crippen LogP contribution in [0.15, 0.2) is 24.4 Å². The van der Waals surface area contributed by atoms with E-state index >= 15 is 0 Å². The number of halogens is 1. The number of hydrogen-bond donors (Lipinski definition) is 0. The minimum atomic E-state index is -3.12. The van der Waals surface area contributed by atoms with Gasteiger partial charge in [0, 0.05) is 42.6 Å². The average molecular weight is 521 g/mol. The van der Waals surface area contributed by atoms with Crippen molar-refractivity contribution in [1.29, 1.82) is 0 Å². The van der Waals surface area contributed by atoms with E-state index in [1.807, 2.05) is 18.3 Å². The smallest absolute Gasteiger partial charge is 0.211 e. The van der Waals surface area contributed by atoms with E-state index in [9.17, 15) is 8.42 Å². The van der Waals surface area contributed by atoms with Gasteiger partial charge in [-0.2, -0.15) is 4.31 Å². The molecule has 1 atom stereocenters. The Labute approximate surface area is 209 Å². The molecule has 1 unspecified atom stereocenters. The molecule has 1 aliphatic carbocycles. The van der Waals surface area contributed by atoms with Crippen molar-refractivity contribution in [3.05, 3.63) is 51.2 Å². The molecule has 5 rings (SSSR count). The Morgan fingerprint density at radius 1 is 1.24 bits per heavy atom. The monoisotopic (exact) mass is 520 g/mol. The highest BCUT2D eigenvalue weighted by molar-refractivity contribution is 7.88. The molecule has 0 N–H and O–H groups in total. The maximum atomic E-state index is 11.8. The molecule has 1 saturated heterocycles. The van der Waals surface area contributed by atoms with E-state index in [2.05, 4.69) is 16.0 Å². The highest BCUT2D eigenvalue weighted by atomic mass is 35.5. The first-order valence-corrected chi connectivity index (χ1v) is 14.6. The van der Waals surface area contributed by atoms with E-state index in [0.29, 0.717) is 49.4 Å². The van der Waals surface area contributed by atoms with Crippen LogP contribution in [0.3, 0.4) is 0 Å². The maximum absolute atomic E-state index is 11.8. The van der Waals surface area contributed by atoms with Gasteiger partial charge in [0.1, 0.15) is 16.4 Å². The quantitative estimate of drug-likeness (QED) is 0.487. The first-order chi connectivity index (χ1) is 16.3. The average Bonchev–Trinajstić information content (AvgIpc) is 3.18. The molecule has 10 heteroatoms. The number of methoxy groups -OCH3 is 1. The fourth-order valence-corrected chi connectivity index (χ4v) is 7.49. The summed E-state index contributed by atoms with van der Waals surface area (Å²) in [7, 11) is -1.49. The fourth-order valence-electron chi connectivity index (χ4n) is 5.04. The minimum Gasteiger partial charge on any atom is -0.495 e. The van der Waals surface area contributed by atoms with E-state index < -0.39 is 10.0 Å². The standard InChI is InChI=1S/C24H29ClN4O3S2/c1-32-21-7-6-16(13-20(21)25)12-17-4-3-5-18-19-14-26-22(27-24(19)33-23(17)18)15-28-8-10-29(11-9-28)34(2,30)31/h6-7,13-14,17H,3-5,8-12,15H2,1-2H3. The predicted molar refractivity (Wildman–Crippen MR) is 136 cm³/mol. The van der Waals surface area contributed by atoms with Crippen LogP contribution in [-0.2, 0) is 29.4 Å². The van der Waals surface area contributed by atoms with Crippen LogP contribution in [0.2, 0.25) is 5.02 Å². The minimum absolute atomic E-state index is 0.458. The van der Waals surface area contributed by atoms with Crippen LogP contribution >= 0.6 is 22.9 Å². The lowest BCUT2D eigenvalue weighted by Gasteiger charge is -2.32. The zero-order valence-electron chi connectivity index (χ0n) is 19.5. The third kappa shape index (κ3) is 4.95. The first kappa shape index (κ1) is 23.9. The van der Waals surface area contributed by atoms with E-state index in [1.165, 1.54) is 38.4 Å². The van der Waals surface area contributed by atoms with Gasteiger partial charge in [-0.05, 0) is 54.9 Å². The molecule has 182 valence electrons. The number of hydrogen-bond acceptors (Lipinski definition) is 7. The number of fused-ring (bicyclic) bond motifs is 3. The molecular weight excluding hydrogens is 492 g/mol. The molecule has 0 amide bonds. The third-order valence-electron chi connectivity index (χ3n) is 6.85. The molecule has 0 bridgehead atoms. The zero-order chi connectivity index (χ0) is 23.9. The van der Waals surface area contributed by atoms with E-state index in [1.54, 1.807) is 18.4 Å². The van der Waals surface area contributed by atoms with Crippen LogP contribution in [0.5, 0.6) is 5.75 Å². The first-order valence-electron chi connectivity index (χ1n) is 11.6. The molecule has 0 spiro atoms. The second-order valence-electron chi connectivity index (χ2n) is 9.15. The Morgan fingerprint density at radius 2 is 2.03 bits per heavy atom. The predicted octanol–water partition coefficient (Wildman–Crippen LogP) is 4.09. The summed E-state index contributed by atoms with van der Waals surface area (Å²) in [6.45, 7) is 3.07. The van der Waals surface area contributed by atoms with Crippen LogP contribution in [0.1, 0.15) is 40.6 Å². The largest absolute Gasteiger partial charge is 0.495 e. The number of ether oxygens (including phenoxy) is 1. The third-order valence-corrected chi connectivity index (χ3v) is 9.75. The molecule has 7 nitrogen and oxygen atoms in total. The molecule has 1 aromatic carbocycles. The van der Waals surface area contributed by atoms with Gasteiger partial charge in [-0.25, -0.2) is 18.4 Å². The summed E-state index contributed by atoms with van der Waals surface area (Å²) in [4.78, 5) is 14.3. The van der Waals surface area contributed by atoms with Crippen LogP contribution in [-0.4, -0.2) is 67.1 Å². The fraction of sp³-hybridized carbons (Fsp3) is 0.500. The van der Waals surface area contributed by atoms with Crippen molar-refractivity contribution in [2.45, 2.75) is 38.1 Å². The lowest BCUT2D eigenvalue weighted by atomic mass is 9.84. The van der Waals surface area contributed by atoms with Gasteiger partial charge in [0.2, 0.25) is 10.0 Å². The molecule has 2 aromatic heterocycles. The lowest BCUT2D eigenvalue weighted by molar-refractivity contribution is 0.179. The van der Waals surface area contributed by atoms with E-state index in [0.717, 1.165) is 29.9 Å². The highest BCUT2D eigenvalue weighted by Crippen LogP contribution is 2.43. The van der Waals surface area contributed by atoms with Crippen molar-refractivity contribution in [3.8, 4) is 5.75 Å². The van der Waals surface area contributed by atoms with Crippen molar-refractivity contribution >= 4 is 43.2 Å². The van der Waals surface area contributed by atoms with Gasteiger partial charge in [0.25, 0.3) is 0 Å². The van der Waals surface area contributed by atoms with Gasteiger partial charge in [-0.15, -0.1) is 11.3 Å². The molecular formula is C24H29ClN4O3S2. The summed E-state index contributed by atoms with van der Waals surface area (Å²) in [6, 6.07) is 6.07. The Balaban J connectivity index is 1.33. The number of aryl methyl sites for hydroxylation is 1. The van der Waals surface area contributed by atoms with Gasteiger partial charge in [0.15, 0.2) is 0 Å². The molecule has 1 aliphatic heterocycles. The second kappa shape index (κ2) is 9.70. The topological polar surface area (TPSA) is 75.6 Å². The van der Waals surface area contributed by atoms with Crippen molar-refractivity contribution in [3.63, 3.8) is 0 Å². The second-order valence-corrected chi connectivity index (χ2v) is 12.6. The summed E-state index contributed by atoms with van der Waals surface area (Å²) in [5.74, 6) is 1.97. The number of rotatable bonds is 6. The Hall–Kier alpha value is -1.78. The number of piperazine rings is 1. The van der Waals surface area contributed by atoms with Gasteiger partial charge in [-0.3, -0.25) is 4.90 Å². The van der Waals surface area contributed by atoms with Crippen molar-refractivity contribution in [2.75, 3.05) is 39.5 Å². The molecule has 1 fully saturated rings. The summed E-state index contributed by atoms with van der Waals surface area (Å²) >= 11 is 8.17. The van der Waals surface area contributed by atoms with Gasteiger partial charge in [-0.1, -0.05) is 17.7 Å². The normalized spacial score (nSPS) is 19.9. The van der Waals surface area contributed by atoms with Crippen LogP contribution in [0.25, 0.3) is 10.2 Å². The zero-order valence-corrected chi connectivity index (χ0v) is 21.8. The Kier molecular flexibility index (Phi) is 6.83. The van der Waals surface area contributed by atoms with Gasteiger partial charge >= 0.3 is 0 Å². The van der Waals surface area contributed by atoms with E-state index in [4.69, 9.17) is 21.3 Å². The number of nitrogens with zero attached hydrogens (tertiary/aromatic N) is 4. The highest BCUT2D eigenvalue weighted by Gasteiger charge is 2.27. The Bertz CT molecular complexity index is 1300. The number of sulfonamides is 1. The van der Waals surface area contributed by atoms with Gasteiger partial charge in [0.05, 0.1) is 24.9 Å². The summed E-state index contributed by atoms with van der Waals surface area (Å²) < 4.78 is 30.3. The summed E-state index contributed by atoms with van der Waals surface area (Å²) in [5.41, 5.74) is 2.63. The summed E-state index contributed by atoms with van der Waals surface area (Å²) in [5, 5.41) is 1.84. The van der Waals surface area contributed by atoms with Gasteiger partial charge < -0.3 is 4.74 Å². The van der Waals surface area contributed by atoms with Crippen LogP contribution in [0.4, 0.5) is 0 Å². The molecule has 34 heavy (non-hydrogen) atoms. The number of aromatic nitrogens is 2. The maximum Gasteiger partial charge on any atom is 0.211 e. The molecule has 2 aliphatic rings. The van der Waals surface area contributed by atoms with Crippen molar-refractivity contribution < 1.29 is 13.2 Å². The lowest BCUT2D eigenvalue weighted by Crippen LogP contribution is -2.47. The molecule has 3 heterocycles.